The Kier molecular flexibility index (Phi) is 3.05. The van der Waals surface area contributed by atoms with E-state index >= 15 is 0 Å². The fourth-order valence-corrected chi connectivity index (χ4v) is 6.44. The molecule has 0 saturated carbocycles. The third kappa shape index (κ3) is 1.95. The fourth-order valence-electron chi connectivity index (χ4n) is 3.43. The summed E-state index contributed by atoms with van der Waals surface area (Å²) in [6, 6.07) is 19.6. The Labute approximate surface area is 145 Å². The molecule has 0 N–H and O–H groups in total. The van der Waals surface area contributed by atoms with Crippen LogP contribution in [-0.2, 0) is 7.05 Å². The van der Waals surface area contributed by atoms with Crippen LogP contribution in [0.25, 0.3) is 41.3 Å². The van der Waals surface area contributed by atoms with Gasteiger partial charge in [0.15, 0.2) is 0 Å². The van der Waals surface area contributed by atoms with E-state index < -0.39 is 0 Å². The molecule has 2 nitrogen and oxygen atoms in total. The molecule has 0 saturated heterocycles. The standard InChI is InChI=1S/C21H15N2Se/c1-23-12-10-18-17-8-7-15-13-22-11-9-16(15)20(17)24-21(18)19(23)14-5-3-2-4-6-14/h2-13H,1H3/q+1. The molecule has 0 bridgehead atoms. The van der Waals surface area contributed by atoms with E-state index in [0.717, 1.165) is 0 Å². The van der Waals surface area contributed by atoms with Gasteiger partial charge >= 0.3 is 146 Å². The van der Waals surface area contributed by atoms with Crippen molar-refractivity contribution in [3.05, 3.63) is 73.2 Å². The molecule has 2 aromatic carbocycles. The van der Waals surface area contributed by atoms with Gasteiger partial charge in [-0.1, -0.05) is 0 Å². The van der Waals surface area contributed by atoms with Crippen molar-refractivity contribution in [2.75, 3.05) is 0 Å². The first-order valence-corrected chi connectivity index (χ1v) is 9.67. The van der Waals surface area contributed by atoms with Crippen molar-refractivity contribution in [2.45, 2.75) is 0 Å². The van der Waals surface area contributed by atoms with Crippen molar-refractivity contribution in [2.24, 2.45) is 7.05 Å². The number of rotatable bonds is 1. The fraction of sp³-hybridized carbons (Fsp3) is 0.0476. The van der Waals surface area contributed by atoms with Gasteiger partial charge < -0.3 is 0 Å². The molecule has 0 radical (unpaired) electrons. The van der Waals surface area contributed by atoms with Crippen molar-refractivity contribution in [1.82, 2.24) is 4.98 Å². The van der Waals surface area contributed by atoms with E-state index in [9.17, 15) is 0 Å². The number of hydrogen-bond donors (Lipinski definition) is 0. The summed E-state index contributed by atoms with van der Waals surface area (Å²) in [6.45, 7) is 0. The van der Waals surface area contributed by atoms with Crippen molar-refractivity contribution in [3.8, 4) is 11.3 Å². The number of aryl methyl sites for hydroxylation is 1. The molecule has 0 aliphatic rings. The van der Waals surface area contributed by atoms with Gasteiger partial charge in [-0.3, -0.25) is 0 Å². The van der Waals surface area contributed by atoms with Gasteiger partial charge in [0.2, 0.25) is 0 Å². The zero-order chi connectivity index (χ0) is 16.1. The van der Waals surface area contributed by atoms with Crippen molar-refractivity contribution in [1.29, 1.82) is 0 Å². The van der Waals surface area contributed by atoms with Crippen LogP contribution < -0.4 is 4.57 Å². The van der Waals surface area contributed by atoms with Crippen LogP contribution in [0, 0.1) is 0 Å². The molecule has 0 spiro atoms. The third-order valence-electron chi connectivity index (χ3n) is 4.59. The zero-order valence-electron chi connectivity index (χ0n) is 13.2. The topological polar surface area (TPSA) is 16.8 Å². The number of aromatic nitrogens is 2. The van der Waals surface area contributed by atoms with E-state index in [1.165, 1.54) is 41.3 Å². The molecule has 0 atom stereocenters. The molecule has 24 heavy (non-hydrogen) atoms. The third-order valence-corrected chi connectivity index (χ3v) is 7.24. The van der Waals surface area contributed by atoms with Gasteiger partial charge in [0, 0.05) is 0 Å². The molecule has 0 aliphatic carbocycles. The number of nitrogens with zero attached hydrogens (tertiary/aromatic N) is 2. The molecular weight excluding hydrogens is 359 g/mol. The van der Waals surface area contributed by atoms with Gasteiger partial charge in [-0.2, -0.15) is 0 Å². The second-order valence-electron chi connectivity index (χ2n) is 6.03. The van der Waals surface area contributed by atoms with Crippen LogP contribution in [0.1, 0.15) is 0 Å². The van der Waals surface area contributed by atoms with Crippen molar-refractivity contribution >= 4 is 44.6 Å². The van der Waals surface area contributed by atoms with E-state index in [-0.39, 0.29) is 0 Å². The number of benzene rings is 2. The normalized spacial score (nSPS) is 11.5. The molecule has 5 rings (SSSR count). The minimum absolute atomic E-state index is 0.301. The maximum atomic E-state index is 4.27. The monoisotopic (exact) mass is 375 g/mol. The van der Waals surface area contributed by atoms with E-state index in [0.29, 0.717) is 14.5 Å². The molecule has 3 aromatic heterocycles. The molecule has 3 heterocycles. The molecule has 0 aliphatic heterocycles. The molecular formula is C21H15N2Se+. The Bertz CT molecular complexity index is 1210. The Morgan fingerprint density at radius 1 is 0.833 bits per heavy atom. The number of fused-ring (bicyclic) bond motifs is 5. The summed E-state index contributed by atoms with van der Waals surface area (Å²) in [5.41, 5.74) is 2.63. The van der Waals surface area contributed by atoms with E-state index in [4.69, 9.17) is 0 Å². The summed E-state index contributed by atoms with van der Waals surface area (Å²) in [5.74, 6) is 0. The quantitative estimate of drug-likeness (QED) is 0.319. The van der Waals surface area contributed by atoms with E-state index in [1.807, 2.05) is 12.4 Å². The summed E-state index contributed by atoms with van der Waals surface area (Å²) in [4.78, 5) is 4.27. The van der Waals surface area contributed by atoms with Crippen LogP contribution in [0.5, 0.6) is 0 Å². The number of pyridine rings is 2. The summed E-state index contributed by atoms with van der Waals surface area (Å²) in [7, 11) is 2.14. The molecule has 0 amide bonds. The zero-order valence-corrected chi connectivity index (χ0v) is 14.9. The molecule has 5 aromatic rings. The molecule has 0 fully saturated rings. The van der Waals surface area contributed by atoms with Crippen LogP contribution in [0.2, 0.25) is 0 Å². The van der Waals surface area contributed by atoms with Crippen molar-refractivity contribution < 1.29 is 4.57 Å². The second kappa shape index (κ2) is 5.27. The summed E-state index contributed by atoms with van der Waals surface area (Å²) in [5, 5.41) is 5.36. The second-order valence-corrected chi connectivity index (χ2v) is 8.17. The van der Waals surface area contributed by atoms with Gasteiger partial charge in [-0.15, -0.1) is 0 Å². The van der Waals surface area contributed by atoms with Gasteiger partial charge in [0.25, 0.3) is 0 Å². The first kappa shape index (κ1) is 13.9. The predicted molar refractivity (Wildman–Crippen MR) is 100 cm³/mol. The molecule has 3 heteroatoms. The van der Waals surface area contributed by atoms with Crippen molar-refractivity contribution in [3.63, 3.8) is 0 Å². The van der Waals surface area contributed by atoms with Crippen LogP contribution in [0.15, 0.2) is 73.2 Å². The Hall–Kier alpha value is -2.48. The maximum absolute atomic E-state index is 4.27. The Morgan fingerprint density at radius 2 is 1.67 bits per heavy atom. The first-order chi connectivity index (χ1) is 11.8. The average molecular weight is 374 g/mol. The van der Waals surface area contributed by atoms with Gasteiger partial charge in [0.1, 0.15) is 0 Å². The number of hydrogen-bond acceptors (Lipinski definition) is 1. The molecule has 114 valence electrons. The van der Waals surface area contributed by atoms with Crippen LogP contribution in [-0.4, -0.2) is 19.5 Å². The van der Waals surface area contributed by atoms with Crippen LogP contribution in [0.4, 0.5) is 0 Å². The minimum atomic E-state index is 0.301. The van der Waals surface area contributed by atoms with Gasteiger partial charge in [0.05, 0.1) is 0 Å². The van der Waals surface area contributed by atoms with E-state index in [1.54, 1.807) is 0 Å². The van der Waals surface area contributed by atoms with Gasteiger partial charge in [-0.05, 0) is 0 Å². The summed E-state index contributed by atoms with van der Waals surface area (Å²) < 4.78 is 5.23. The van der Waals surface area contributed by atoms with Gasteiger partial charge in [-0.25, -0.2) is 0 Å². The summed E-state index contributed by atoms with van der Waals surface area (Å²) >= 11 is 0.301. The average Bonchev–Trinajstić information content (AvgIpc) is 3.01. The van der Waals surface area contributed by atoms with E-state index in [2.05, 4.69) is 77.4 Å². The Balaban J connectivity index is 1.97. The SMILES string of the molecule is C[n+]1ccc2c([se]c3c4ccncc4ccc23)c1-c1ccccc1. The van der Waals surface area contributed by atoms with Crippen LogP contribution in [0.3, 0.4) is 0 Å². The summed E-state index contributed by atoms with van der Waals surface area (Å²) in [6.07, 6.45) is 6.05. The first-order valence-electron chi connectivity index (χ1n) is 7.96. The predicted octanol–water partition coefficient (Wildman–Crippen LogP) is 4.09. The Morgan fingerprint density at radius 3 is 2.54 bits per heavy atom. The molecule has 0 unspecified atom stereocenters. The van der Waals surface area contributed by atoms with Crippen LogP contribution >= 0.6 is 0 Å².